The lowest BCUT2D eigenvalue weighted by molar-refractivity contribution is 0.0923. The molecule has 0 saturated heterocycles. The number of benzene rings is 1. The third-order valence-corrected chi connectivity index (χ3v) is 5.09. The Hall–Kier alpha value is -3.74. The van der Waals surface area contributed by atoms with Crippen LogP contribution in [0.2, 0.25) is 0 Å². The SMILES string of the molecule is O=C(N[C@H]1CCOc2cccc(F)c21)c1ccc(-c2ccnc3[nH]ccc23)nc1. The fourth-order valence-electron chi connectivity index (χ4n) is 3.67. The van der Waals surface area contributed by atoms with Gasteiger partial charge in [-0.05, 0) is 36.4 Å². The molecule has 144 valence electrons. The van der Waals surface area contributed by atoms with E-state index in [9.17, 15) is 9.18 Å². The maximum atomic E-state index is 14.3. The zero-order valence-corrected chi connectivity index (χ0v) is 15.4. The molecular weight excluding hydrogens is 371 g/mol. The molecule has 0 unspecified atom stereocenters. The van der Waals surface area contributed by atoms with Gasteiger partial charge in [-0.2, -0.15) is 0 Å². The van der Waals surface area contributed by atoms with Gasteiger partial charge in [-0.3, -0.25) is 9.78 Å². The summed E-state index contributed by atoms with van der Waals surface area (Å²) in [5.74, 6) is -0.205. The Bertz CT molecular complexity index is 1200. The Morgan fingerprint density at radius 3 is 2.97 bits per heavy atom. The second kappa shape index (κ2) is 7.01. The van der Waals surface area contributed by atoms with Crippen LogP contribution in [0.25, 0.3) is 22.3 Å². The monoisotopic (exact) mass is 388 g/mol. The zero-order valence-electron chi connectivity index (χ0n) is 15.4. The standard InChI is InChI=1S/C22H17FN4O2/c23-16-2-1-3-19-20(16)18(8-11-29-19)27-22(28)13-4-5-17(26-12-13)14-6-9-24-21-15(14)7-10-25-21/h1-7,9-10,12,18H,8,11H2,(H,24,25)(H,27,28)/t18-/m0/s1. The van der Waals surface area contributed by atoms with Gasteiger partial charge < -0.3 is 15.0 Å². The van der Waals surface area contributed by atoms with Crippen molar-refractivity contribution in [2.45, 2.75) is 12.5 Å². The largest absolute Gasteiger partial charge is 0.493 e. The summed E-state index contributed by atoms with van der Waals surface area (Å²) in [4.78, 5) is 24.5. The summed E-state index contributed by atoms with van der Waals surface area (Å²) in [5.41, 5.74) is 3.27. The van der Waals surface area contributed by atoms with Crippen LogP contribution in [0.3, 0.4) is 0 Å². The van der Waals surface area contributed by atoms with Gasteiger partial charge in [0.2, 0.25) is 0 Å². The van der Waals surface area contributed by atoms with Crippen LogP contribution in [0.15, 0.2) is 61.1 Å². The quantitative estimate of drug-likeness (QED) is 0.556. The molecule has 2 N–H and O–H groups in total. The first-order chi connectivity index (χ1) is 14.2. The number of aromatic amines is 1. The van der Waals surface area contributed by atoms with E-state index in [1.165, 1.54) is 12.3 Å². The molecule has 1 atom stereocenters. The van der Waals surface area contributed by atoms with Gasteiger partial charge in [0.05, 0.1) is 29.5 Å². The first kappa shape index (κ1) is 17.4. The molecule has 0 fully saturated rings. The number of H-pyrrole nitrogens is 1. The van der Waals surface area contributed by atoms with E-state index in [-0.39, 0.29) is 11.7 Å². The second-order valence-electron chi connectivity index (χ2n) is 6.85. The van der Waals surface area contributed by atoms with Gasteiger partial charge >= 0.3 is 0 Å². The molecule has 3 aromatic heterocycles. The molecule has 6 nitrogen and oxygen atoms in total. The molecule has 1 aliphatic rings. The number of fused-ring (bicyclic) bond motifs is 2. The van der Waals surface area contributed by atoms with Gasteiger partial charge in [0.15, 0.2) is 0 Å². The summed E-state index contributed by atoms with van der Waals surface area (Å²) in [7, 11) is 0. The van der Waals surface area contributed by atoms with Crippen molar-refractivity contribution in [3.8, 4) is 17.0 Å². The first-order valence-corrected chi connectivity index (χ1v) is 9.31. The van der Waals surface area contributed by atoms with Gasteiger partial charge in [0.25, 0.3) is 5.91 Å². The van der Waals surface area contributed by atoms with Gasteiger partial charge in [-0.25, -0.2) is 9.37 Å². The van der Waals surface area contributed by atoms with Crippen LogP contribution >= 0.6 is 0 Å². The predicted octanol–water partition coefficient (Wildman–Crippen LogP) is 4.02. The summed E-state index contributed by atoms with van der Waals surface area (Å²) in [6, 6.07) is 11.6. The van der Waals surface area contributed by atoms with Gasteiger partial charge in [-0.15, -0.1) is 0 Å². The Kier molecular flexibility index (Phi) is 4.20. The van der Waals surface area contributed by atoms with E-state index in [1.54, 1.807) is 30.5 Å². The number of rotatable bonds is 3. The van der Waals surface area contributed by atoms with Crippen molar-refractivity contribution in [2.75, 3.05) is 6.61 Å². The predicted molar refractivity (Wildman–Crippen MR) is 106 cm³/mol. The molecule has 1 amide bonds. The number of pyridine rings is 2. The molecule has 0 spiro atoms. The average Bonchev–Trinajstić information content (AvgIpc) is 3.23. The number of halogens is 1. The van der Waals surface area contributed by atoms with Crippen LogP contribution in [0.4, 0.5) is 4.39 Å². The molecule has 5 rings (SSSR count). The molecule has 4 heterocycles. The third-order valence-electron chi connectivity index (χ3n) is 5.09. The second-order valence-corrected chi connectivity index (χ2v) is 6.85. The van der Waals surface area contributed by atoms with Crippen molar-refractivity contribution in [1.29, 1.82) is 0 Å². The molecule has 0 bridgehead atoms. The fraction of sp³-hybridized carbons (Fsp3) is 0.136. The molecule has 1 aliphatic heterocycles. The van der Waals surface area contributed by atoms with E-state index >= 15 is 0 Å². The summed E-state index contributed by atoms with van der Waals surface area (Å²) in [6.45, 7) is 0.424. The molecule has 29 heavy (non-hydrogen) atoms. The number of nitrogens with zero attached hydrogens (tertiary/aromatic N) is 2. The van der Waals surface area contributed by atoms with Gasteiger partial charge in [-0.1, -0.05) is 6.07 Å². The maximum Gasteiger partial charge on any atom is 0.253 e. The number of amides is 1. The van der Waals surface area contributed by atoms with E-state index in [1.807, 2.05) is 18.3 Å². The Balaban J connectivity index is 1.39. The Labute approximate surface area is 165 Å². The van der Waals surface area contributed by atoms with E-state index in [2.05, 4.69) is 20.3 Å². The van der Waals surface area contributed by atoms with Crippen LogP contribution in [-0.2, 0) is 0 Å². The molecular formula is C22H17FN4O2. The summed E-state index contributed by atoms with van der Waals surface area (Å²) >= 11 is 0. The third kappa shape index (κ3) is 3.10. The fourth-order valence-corrected chi connectivity index (χ4v) is 3.67. The van der Waals surface area contributed by atoms with E-state index < -0.39 is 6.04 Å². The lowest BCUT2D eigenvalue weighted by Crippen LogP contribution is -2.32. The number of aromatic nitrogens is 3. The minimum absolute atomic E-state index is 0.299. The highest BCUT2D eigenvalue weighted by Crippen LogP contribution is 2.34. The topological polar surface area (TPSA) is 79.9 Å². The number of nitrogens with one attached hydrogen (secondary N) is 2. The highest BCUT2D eigenvalue weighted by atomic mass is 19.1. The summed E-state index contributed by atoms with van der Waals surface area (Å²) < 4.78 is 19.8. The van der Waals surface area contributed by atoms with Crippen LogP contribution in [0.5, 0.6) is 5.75 Å². The van der Waals surface area contributed by atoms with Crippen molar-refractivity contribution in [1.82, 2.24) is 20.3 Å². The van der Waals surface area contributed by atoms with Crippen molar-refractivity contribution < 1.29 is 13.9 Å². The van der Waals surface area contributed by atoms with Crippen LogP contribution < -0.4 is 10.1 Å². The van der Waals surface area contributed by atoms with Crippen molar-refractivity contribution in [3.05, 3.63) is 78.0 Å². The van der Waals surface area contributed by atoms with E-state index in [0.717, 1.165) is 22.3 Å². The summed E-state index contributed by atoms with van der Waals surface area (Å²) in [6.07, 6.45) is 5.58. The summed E-state index contributed by atoms with van der Waals surface area (Å²) in [5, 5.41) is 3.87. The molecule has 0 saturated carbocycles. The molecule has 0 aliphatic carbocycles. The number of ether oxygens (including phenoxy) is 1. The highest BCUT2D eigenvalue weighted by Gasteiger charge is 2.26. The van der Waals surface area contributed by atoms with Crippen LogP contribution in [0.1, 0.15) is 28.4 Å². The molecule has 0 radical (unpaired) electrons. The average molecular weight is 388 g/mol. The van der Waals surface area contributed by atoms with E-state index in [4.69, 9.17) is 4.74 Å². The minimum Gasteiger partial charge on any atom is -0.493 e. The molecule has 1 aromatic carbocycles. The molecule has 7 heteroatoms. The number of hydrogen-bond acceptors (Lipinski definition) is 4. The van der Waals surface area contributed by atoms with Gasteiger partial charge in [0, 0.05) is 36.0 Å². The van der Waals surface area contributed by atoms with Crippen LogP contribution in [0, 0.1) is 5.82 Å². The molecule has 4 aromatic rings. The van der Waals surface area contributed by atoms with Crippen molar-refractivity contribution in [2.24, 2.45) is 0 Å². The normalized spacial score (nSPS) is 15.6. The number of carbonyl (C=O) groups is 1. The first-order valence-electron chi connectivity index (χ1n) is 9.31. The number of hydrogen-bond donors (Lipinski definition) is 2. The van der Waals surface area contributed by atoms with Crippen molar-refractivity contribution in [3.63, 3.8) is 0 Å². The lowest BCUT2D eigenvalue weighted by Gasteiger charge is -2.27. The lowest BCUT2D eigenvalue weighted by atomic mass is 9.99. The maximum absolute atomic E-state index is 14.3. The minimum atomic E-state index is -0.438. The smallest absolute Gasteiger partial charge is 0.253 e. The highest BCUT2D eigenvalue weighted by molar-refractivity contribution is 5.95. The van der Waals surface area contributed by atoms with Crippen LogP contribution in [-0.4, -0.2) is 27.5 Å². The van der Waals surface area contributed by atoms with Crippen molar-refractivity contribution >= 4 is 16.9 Å². The Morgan fingerprint density at radius 2 is 2.10 bits per heavy atom. The number of carbonyl (C=O) groups excluding carboxylic acids is 1. The zero-order chi connectivity index (χ0) is 19.8. The van der Waals surface area contributed by atoms with Gasteiger partial charge in [0.1, 0.15) is 17.2 Å². The Morgan fingerprint density at radius 1 is 1.17 bits per heavy atom. The van der Waals surface area contributed by atoms with E-state index in [0.29, 0.717) is 29.9 Å².